The monoisotopic (exact) mass is 695 g/mol. The van der Waals surface area contributed by atoms with Crippen molar-refractivity contribution in [2.45, 2.75) is 122 Å². The molecule has 1 aromatic rings. The number of nitrogens with zero attached hydrogens (tertiary/aromatic N) is 3. The molecule has 0 spiro atoms. The zero-order valence-corrected chi connectivity index (χ0v) is 30.3. The third kappa shape index (κ3) is 8.39. The van der Waals surface area contributed by atoms with Crippen LogP contribution in [-0.2, 0) is 19.1 Å². The minimum Gasteiger partial charge on any atom is -0.493 e. The summed E-state index contributed by atoms with van der Waals surface area (Å²) in [6.45, 7) is 10.6. The molecule has 12 nitrogen and oxygen atoms in total. The van der Waals surface area contributed by atoms with Gasteiger partial charge in [-0.2, -0.15) is 0 Å². The lowest BCUT2D eigenvalue weighted by molar-refractivity contribution is -0.150. The lowest BCUT2D eigenvalue weighted by Gasteiger charge is -2.45. The normalized spacial score (nSPS) is 26.9. The molecule has 4 fully saturated rings. The average Bonchev–Trinajstić information content (AvgIpc) is 3.84. The Balaban J connectivity index is 1.28. The highest BCUT2D eigenvalue weighted by Crippen LogP contribution is 2.38. The molecular formula is C38H57N5O7. The number of benzene rings is 1. The maximum atomic E-state index is 15.0. The van der Waals surface area contributed by atoms with Crippen molar-refractivity contribution in [1.29, 1.82) is 0 Å². The number of carbonyl (C=O) groups excluding carboxylic acids is 3. The largest absolute Gasteiger partial charge is 0.493 e. The number of carboxylic acid groups (broad SMARTS) is 1. The van der Waals surface area contributed by atoms with E-state index < -0.39 is 30.1 Å². The summed E-state index contributed by atoms with van der Waals surface area (Å²) in [7, 11) is 0. The Morgan fingerprint density at radius 1 is 1.00 bits per heavy atom. The molecule has 4 amide bonds. The van der Waals surface area contributed by atoms with E-state index in [9.17, 15) is 19.5 Å². The van der Waals surface area contributed by atoms with E-state index >= 15 is 4.79 Å². The third-order valence-electron chi connectivity index (χ3n) is 11.2. The van der Waals surface area contributed by atoms with E-state index in [2.05, 4.69) is 15.5 Å². The van der Waals surface area contributed by atoms with Crippen molar-refractivity contribution in [3.05, 3.63) is 29.8 Å². The predicted octanol–water partition coefficient (Wildman–Crippen LogP) is 4.19. The van der Waals surface area contributed by atoms with Gasteiger partial charge in [-0.05, 0) is 62.3 Å². The van der Waals surface area contributed by atoms with Crippen LogP contribution in [0.25, 0.3) is 0 Å². The van der Waals surface area contributed by atoms with Gasteiger partial charge in [0.15, 0.2) is 0 Å². The van der Waals surface area contributed by atoms with E-state index in [-0.39, 0.29) is 53.8 Å². The van der Waals surface area contributed by atoms with E-state index in [1.54, 1.807) is 4.90 Å². The van der Waals surface area contributed by atoms with E-state index in [1.165, 1.54) is 4.90 Å². The molecule has 50 heavy (non-hydrogen) atoms. The quantitative estimate of drug-likeness (QED) is 0.313. The number of para-hydroxylation sites is 1. The molecule has 0 aromatic heterocycles. The van der Waals surface area contributed by atoms with Crippen molar-refractivity contribution in [3.8, 4) is 5.75 Å². The number of ether oxygens (including phenoxy) is 2. The molecule has 2 aliphatic carbocycles. The SMILES string of the molecule is CCO[C@@H]1C[C@@H]2CN(C(=O)[C@@H](NC(=O)[C@H](C3CC3)N(CC(C)(C)C)C(=O)O)C3CCCCC3)[C@H](C(=O)N[C@@H]3CCOc4ccccc43)CN2C1. The highest BCUT2D eigenvalue weighted by atomic mass is 16.5. The topological polar surface area (TPSA) is 141 Å². The fourth-order valence-corrected chi connectivity index (χ4v) is 8.69. The minimum absolute atomic E-state index is 0.0316. The Labute approximate surface area is 296 Å². The number of nitrogens with one attached hydrogen (secondary N) is 2. The molecule has 2 saturated heterocycles. The molecule has 0 bridgehead atoms. The van der Waals surface area contributed by atoms with Crippen LogP contribution >= 0.6 is 0 Å². The van der Waals surface area contributed by atoms with Crippen LogP contribution in [0.5, 0.6) is 5.75 Å². The number of carbonyl (C=O) groups is 4. The van der Waals surface area contributed by atoms with Gasteiger partial charge in [0.05, 0.1) is 18.8 Å². The average molecular weight is 696 g/mol. The minimum atomic E-state index is -1.12. The lowest BCUT2D eigenvalue weighted by Crippen LogP contribution is -2.67. The maximum absolute atomic E-state index is 15.0. The molecule has 3 aliphatic heterocycles. The second kappa shape index (κ2) is 15.5. The van der Waals surface area contributed by atoms with Crippen LogP contribution in [0.4, 0.5) is 4.79 Å². The van der Waals surface area contributed by atoms with Gasteiger partial charge in [0, 0.05) is 50.8 Å². The summed E-state index contributed by atoms with van der Waals surface area (Å²) in [6.07, 6.45) is 6.43. The molecule has 6 atom stereocenters. The van der Waals surface area contributed by atoms with Crippen LogP contribution in [-0.4, -0.2) is 113 Å². The summed E-state index contributed by atoms with van der Waals surface area (Å²) in [6, 6.07) is 5.07. The Morgan fingerprint density at radius 3 is 2.42 bits per heavy atom. The standard InChI is InChI=1S/C38H57N5O7/c1-5-49-27-19-26-20-42(30(22-41(26)21-27)34(44)39-29-17-18-50-31-14-10-9-13-28(29)31)36(46)32(24-11-7-6-8-12-24)40-35(45)33(25-15-16-25)43(37(47)48)23-38(2,3)4/h9-10,13-14,24-27,29-30,32-33H,5-8,11-12,15-23H2,1-4H3,(H,39,44)(H,40,45)(H,47,48)/t26-,27-,29-,30+,32+,33+/m1/s1. The summed E-state index contributed by atoms with van der Waals surface area (Å²) in [5.41, 5.74) is 0.573. The molecule has 1 aromatic carbocycles. The Kier molecular flexibility index (Phi) is 11.3. The van der Waals surface area contributed by atoms with Gasteiger partial charge in [-0.15, -0.1) is 0 Å². The van der Waals surface area contributed by atoms with Gasteiger partial charge >= 0.3 is 6.09 Å². The smallest absolute Gasteiger partial charge is 0.408 e. The van der Waals surface area contributed by atoms with Crippen molar-refractivity contribution >= 4 is 23.8 Å². The zero-order valence-electron chi connectivity index (χ0n) is 30.3. The van der Waals surface area contributed by atoms with Crippen LogP contribution in [0.15, 0.2) is 24.3 Å². The van der Waals surface area contributed by atoms with E-state index in [0.717, 1.165) is 62.7 Å². The van der Waals surface area contributed by atoms with Gasteiger partial charge in [0.2, 0.25) is 17.7 Å². The highest BCUT2D eigenvalue weighted by molar-refractivity contribution is 5.94. The second-order valence-electron chi connectivity index (χ2n) is 16.3. The molecule has 5 aliphatic rings. The van der Waals surface area contributed by atoms with Gasteiger partial charge in [-0.3, -0.25) is 24.2 Å². The summed E-state index contributed by atoms with van der Waals surface area (Å²) in [4.78, 5) is 61.5. The van der Waals surface area contributed by atoms with Crippen LogP contribution in [0, 0.1) is 17.3 Å². The fourth-order valence-electron chi connectivity index (χ4n) is 8.69. The number of fused-ring (bicyclic) bond motifs is 2. The van der Waals surface area contributed by atoms with Gasteiger partial charge in [-0.25, -0.2) is 4.79 Å². The number of rotatable bonds is 11. The molecule has 0 radical (unpaired) electrons. The molecule has 12 heteroatoms. The first-order valence-electron chi connectivity index (χ1n) is 18.9. The molecule has 2 saturated carbocycles. The molecule has 3 N–H and O–H groups in total. The van der Waals surface area contributed by atoms with Crippen LogP contribution in [0.2, 0.25) is 0 Å². The lowest BCUT2D eigenvalue weighted by atomic mass is 9.82. The molecule has 3 heterocycles. The fraction of sp³-hybridized carbons (Fsp3) is 0.737. The summed E-state index contributed by atoms with van der Waals surface area (Å²) >= 11 is 0. The van der Waals surface area contributed by atoms with Gasteiger partial charge in [0.25, 0.3) is 0 Å². The van der Waals surface area contributed by atoms with Crippen molar-refractivity contribution in [2.75, 3.05) is 39.4 Å². The van der Waals surface area contributed by atoms with E-state index in [4.69, 9.17) is 9.47 Å². The van der Waals surface area contributed by atoms with Crippen LogP contribution in [0.3, 0.4) is 0 Å². The Hall–Kier alpha value is -3.38. The van der Waals surface area contributed by atoms with E-state index in [1.807, 2.05) is 52.0 Å². The summed E-state index contributed by atoms with van der Waals surface area (Å²) < 4.78 is 11.9. The maximum Gasteiger partial charge on any atom is 0.408 e. The second-order valence-corrected chi connectivity index (χ2v) is 16.3. The summed E-state index contributed by atoms with van der Waals surface area (Å²) in [5.74, 6) is -0.278. The van der Waals surface area contributed by atoms with Crippen molar-refractivity contribution in [3.63, 3.8) is 0 Å². The predicted molar refractivity (Wildman–Crippen MR) is 188 cm³/mol. The zero-order chi connectivity index (χ0) is 35.6. The number of hydrogen-bond acceptors (Lipinski definition) is 7. The van der Waals surface area contributed by atoms with Gasteiger partial charge in [-0.1, -0.05) is 58.2 Å². The molecule has 0 unspecified atom stereocenters. The first-order chi connectivity index (χ1) is 23.9. The third-order valence-corrected chi connectivity index (χ3v) is 11.2. The number of amides is 4. The Bertz CT molecular complexity index is 1390. The van der Waals surface area contributed by atoms with Crippen LogP contribution in [0.1, 0.15) is 97.1 Å². The Morgan fingerprint density at radius 2 is 1.74 bits per heavy atom. The first-order valence-corrected chi connectivity index (χ1v) is 18.9. The number of piperazine rings is 1. The van der Waals surface area contributed by atoms with Gasteiger partial charge < -0.3 is 30.1 Å². The summed E-state index contributed by atoms with van der Waals surface area (Å²) in [5, 5.41) is 16.7. The first kappa shape index (κ1) is 36.4. The van der Waals surface area contributed by atoms with Crippen molar-refractivity contribution < 1.29 is 33.8 Å². The van der Waals surface area contributed by atoms with Crippen molar-refractivity contribution in [2.24, 2.45) is 17.3 Å². The molecule has 6 rings (SSSR count). The van der Waals surface area contributed by atoms with Crippen LogP contribution < -0.4 is 15.4 Å². The molecular weight excluding hydrogens is 638 g/mol. The van der Waals surface area contributed by atoms with Gasteiger partial charge in [0.1, 0.15) is 23.9 Å². The number of hydrogen-bond donors (Lipinski definition) is 3. The highest BCUT2D eigenvalue weighted by Gasteiger charge is 2.49. The molecule has 276 valence electrons. The van der Waals surface area contributed by atoms with E-state index in [0.29, 0.717) is 39.3 Å². The van der Waals surface area contributed by atoms with Crippen molar-refractivity contribution in [1.82, 2.24) is 25.3 Å².